The number of ketones is 1. The van der Waals surface area contributed by atoms with Crippen molar-refractivity contribution in [2.24, 2.45) is 62.6 Å². The highest BCUT2D eigenvalue weighted by atomic mass is 32.2. The number of nitrogens with zero attached hydrogens (tertiary/aromatic N) is 1. The van der Waals surface area contributed by atoms with Gasteiger partial charge in [-0.05, 0) is 148 Å². The first kappa shape index (κ1) is 35.1. The van der Waals surface area contributed by atoms with E-state index in [0.29, 0.717) is 47.1 Å². The van der Waals surface area contributed by atoms with Crippen LogP contribution in [0.1, 0.15) is 129 Å². The molecule has 2 spiro atoms. The molecule has 52 heavy (non-hydrogen) atoms. The number of hydrogen-bond donors (Lipinski definition) is 2. The molecule has 8 fully saturated rings. The average molecular weight is 748 g/mol. The van der Waals surface area contributed by atoms with E-state index in [-0.39, 0.29) is 46.6 Å². The van der Waals surface area contributed by atoms with Gasteiger partial charge >= 0.3 is 0 Å². The van der Waals surface area contributed by atoms with Crippen LogP contribution < -0.4 is 0 Å². The van der Waals surface area contributed by atoms with E-state index in [4.69, 9.17) is 0 Å². The zero-order chi connectivity index (χ0) is 35.9. The maximum absolute atomic E-state index is 15.0. The molecule has 11 aliphatic carbocycles. The molecule has 1 unspecified atom stereocenters. The van der Waals surface area contributed by atoms with Crippen molar-refractivity contribution in [1.82, 2.24) is 4.31 Å². The summed E-state index contributed by atoms with van der Waals surface area (Å²) in [5.41, 5.74) is -1.60. The highest BCUT2D eigenvalue weighted by Gasteiger charge is 2.75. The van der Waals surface area contributed by atoms with Gasteiger partial charge in [0.15, 0.2) is 5.78 Å². The number of sulfonamides is 1. The Morgan fingerprint density at radius 1 is 0.846 bits per heavy atom. The molecule has 12 rings (SSSR count). The van der Waals surface area contributed by atoms with Crippen LogP contribution >= 0.6 is 11.3 Å². The maximum Gasteiger partial charge on any atom is 0.252 e. The number of rotatable bonds is 8. The van der Waals surface area contributed by atoms with E-state index in [0.717, 1.165) is 82.6 Å². The molecule has 0 amide bonds. The Kier molecular flexibility index (Phi) is 7.84. The van der Waals surface area contributed by atoms with Gasteiger partial charge in [0.25, 0.3) is 10.0 Å². The number of fused-ring (bicyclic) bond motifs is 1. The van der Waals surface area contributed by atoms with Crippen molar-refractivity contribution in [2.45, 2.75) is 145 Å². The average Bonchev–Trinajstić information content (AvgIpc) is 3.75. The molecular weight excluding hydrogens is 687 g/mol. The third-order valence-electron chi connectivity index (χ3n) is 18.2. The molecule has 0 aliphatic heterocycles. The molecule has 2 N–H and O–H groups in total. The number of aliphatic hydroxyl groups excluding tert-OH is 1. The van der Waals surface area contributed by atoms with Crippen LogP contribution in [0, 0.1) is 62.6 Å². The number of aliphatic hydroxyl groups is 2. The van der Waals surface area contributed by atoms with Crippen LogP contribution in [0.25, 0.3) is 0 Å². The number of hydrogen-bond acceptors (Lipinski definition) is 6. The summed E-state index contributed by atoms with van der Waals surface area (Å²) in [7, 11) is -3.81. The van der Waals surface area contributed by atoms with E-state index in [9.17, 15) is 23.4 Å². The molecule has 284 valence electrons. The number of thiophene rings is 1. The van der Waals surface area contributed by atoms with Gasteiger partial charge in [-0.2, -0.15) is 4.31 Å². The van der Waals surface area contributed by atoms with Crippen molar-refractivity contribution in [3.05, 3.63) is 41.3 Å². The Morgan fingerprint density at radius 3 is 2.17 bits per heavy atom. The molecule has 1 heterocycles. The van der Waals surface area contributed by atoms with Crippen molar-refractivity contribution in [3.63, 3.8) is 0 Å². The van der Waals surface area contributed by atoms with E-state index in [1.807, 2.05) is 11.4 Å². The lowest BCUT2D eigenvalue weighted by atomic mass is 9.32. The first-order chi connectivity index (χ1) is 24.7. The van der Waals surface area contributed by atoms with E-state index >= 15 is 0 Å². The van der Waals surface area contributed by atoms with Crippen LogP contribution in [0.5, 0.6) is 0 Å². The van der Waals surface area contributed by atoms with Gasteiger partial charge in [-0.3, -0.25) is 4.79 Å². The lowest BCUT2D eigenvalue weighted by Gasteiger charge is -2.71. The topological polar surface area (TPSA) is 94.9 Å². The van der Waals surface area contributed by atoms with Crippen LogP contribution in [-0.4, -0.2) is 53.5 Å². The van der Waals surface area contributed by atoms with Crippen LogP contribution in [0.4, 0.5) is 0 Å². The second kappa shape index (κ2) is 11.6. The Bertz CT molecular complexity index is 1760. The Morgan fingerprint density at radius 2 is 1.50 bits per heavy atom. The fraction of sp³-hybridized carbons (Fsp3) is 0.795. The maximum atomic E-state index is 15.0. The third kappa shape index (κ3) is 4.69. The van der Waals surface area contributed by atoms with Gasteiger partial charge in [0.2, 0.25) is 0 Å². The summed E-state index contributed by atoms with van der Waals surface area (Å²) in [6.45, 7) is 5.37. The number of allylic oxidation sites excluding steroid dienone is 4. The van der Waals surface area contributed by atoms with E-state index < -0.39 is 26.5 Å². The van der Waals surface area contributed by atoms with Crippen molar-refractivity contribution in [1.29, 1.82) is 0 Å². The van der Waals surface area contributed by atoms with Gasteiger partial charge < -0.3 is 10.2 Å². The van der Waals surface area contributed by atoms with Gasteiger partial charge in [-0.25, -0.2) is 8.42 Å². The summed E-state index contributed by atoms with van der Waals surface area (Å²) >= 11 is 1.30. The minimum atomic E-state index is -3.81. The van der Waals surface area contributed by atoms with E-state index in [1.54, 1.807) is 10.4 Å². The minimum Gasteiger partial charge on any atom is -0.393 e. The fourth-order valence-electron chi connectivity index (χ4n) is 16.1. The van der Waals surface area contributed by atoms with Gasteiger partial charge in [-0.15, -0.1) is 11.3 Å². The largest absolute Gasteiger partial charge is 0.393 e. The summed E-state index contributed by atoms with van der Waals surface area (Å²) in [5.74, 6) is 2.85. The Balaban J connectivity index is 1.04. The number of carbonyl (C=O) groups is 1. The summed E-state index contributed by atoms with van der Waals surface area (Å²) < 4.78 is 31.7. The SMILES string of the molecule is C[C@]12CC[C@H]3[C@]4(C=C[C@@]5(C=C4C(=O)C4CCCCC4)CC(O)CC[C@]35C)[C@@H]1CC[C@@]2(O)CN(CC12CC3CC(CC(C3)C1)C2)S(=O)(=O)c1cccs1. The number of Topliss-reactive ketones (excluding diaryl/α,β-unsaturated/α-hetero) is 1. The lowest BCUT2D eigenvalue weighted by Crippen LogP contribution is -2.67. The second-order valence-corrected chi connectivity index (χ2v) is 23.7. The fourth-order valence-corrected chi connectivity index (χ4v) is 18.9. The molecule has 8 atom stereocenters. The van der Waals surface area contributed by atoms with Gasteiger partial charge in [0.1, 0.15) is 4.21 Å². The van der Waals surface area contributed by atoms with Crippen molar-refractivity contribution >= 4 is 27.1 Å². The zero-order valence-electron chi connectivity index (χ0n) is 31.5. The summed E-state index contributed by atoms with van der Waals surface area (Å²) in [5, 5.41) is 26.3. The molecule has 8 saturated carbocycles. The van der Waals surface area contributed by atoms with Crippen molar-refractivity contribution in [3.8, 4) is 0 Å². The van der Waals surface area contributed by atoms with Gasteiger partial charge in [-0.1, -0.05) is 57.4 Å². The summed E-state index contributed by atoms with van der Waals surface area (Å²) in [6.07, 6.45) is 25.0. The Hall–Kier alpha value is -1.32. The normalized spacial score (nSPS) is 49.1. The molecular formula is C44H61NO5S2. The van der Waals surface area contributed by atoms with Crippen LogP contribution in [0.2, 0.25) is 0 Å². The second-order valence-electron chi connectivity index (χ2n) is 20.6. The first-order valence-corrected chi connectivity index (χ1v) is 23.5. The molecule has 8 heteroatoms. The van der Waals surface area contributed by atoms with E-state index in [2.05, 4.69) is 32.1 Å². The molecule has 1 aromatic heterocycles. The van der Waals surface area contributed by atoms with Crippen LogP contribution in [0.15, 0.2) is 45.5 Å². The standard InChI is InChI=1S/C44H61NO5S2/c1-39-13-10-33(46)25-42(39)16-17-44(34(26-42)38(47)32-7-4-3-5-8-32)35(39)11-14-40(2)36(44)12-15-43(40,48)28-45(52(49,50)37-9-6-18-51-37)27-41-22-29-19-30(23-41)21-31(20-29)24-41/h6,9,16-18,26,29-33,35-36,46,48H,3-5,7-8,10-15,19-25,27-28H2,1-2H3/t29?,30?,31?,33?,35-,36-,39-,40+,41?,42+,43-,44-/m1/s1. The molecule has 6 nitrogen and oxygen atoms in total. The minimum absolute atomic E-state index is 0.00592. The quantitative estimate of drug-likeness (QED) is 0.260. The lowest BCUT2D eigenvalue weighted by molar-refractivity contribution is -0.178. The molecule has 0 saturated heterocycles. The Labute approximate surface area is 316 Å². The zero-order valence-corrected chi connectivity index (χ0v) is 33.2. The van der Waals surface area contributed by atoms with Crippen LogP contribution in [-0.2, 0) is 14.8 Å². The highest BCUT2D eigenvalue weighted by molar-refractivity contribution is 7.91. The first-order valence-electron chi connectivity index (χ1n) is 21.2. The smallest absolute Gasteiger partial charge is 0.252 e. The highest BCUT2D eigenvalue weighted by Crippen LogP contribution is 2.78. The predicted octanol–water partition coefficient (Wildman–Crippen LogP) is 8.70. The monoisotopic (exact) mass is 747 g/mol. The summed E-state index contributed by atoms with van der Waals surface area (Å²) in [6, 6.07) is 3.58. The van der Waals surface area contributed by atoms with Crippen molar-refractivity contribution < 1.29 is 23.4 Å². The van der Waals surface area contributed by atoms with Gasteiger partial charge in [0, 0.05) is 40.8 Å². The van der Waals surface area contributed by atoms with Crippen molar-refractivity contribution in [2.75, 3.05) is 13.1 Å². The predicted molar refractivity (Wildman–Crippen MR) is 204 cm³/mol. The summed E-state index contributed by atoms with van der Waals surface area (Å²) in [4.78, 5) is 15.0. The third-order valence-corrected chi connectivity index (χ3v) is 21.3. The van der Waals surface area contributed by atoms with Crippen LogP contribution in [0.3, 0.4) is 0 Å². The van der Waals surface area contributed by atoms with Gasteiger partial charge in [0.05, 0.1) is 11.7 Å². The molecule has 1 aromatic rings. The molecule has 0 radical (unpaired) electrons. The number of carbonyl (C=O) groups excluding carboxylic acids is 1. The molecule has 6 bridgehead atoms. The molecule has 0 aromatic carbocycles. The van der Waals surface area contributed by atoms with E-state index in [1.165, 1.54) is 37.0 Å². The molecule has 11 aliphatic rings.